The zero-order valence-electron chi connectivity index (χ0n) is 15.4. The topological polar surface area (TPSA) is 73.7 Å². The number of amides is 1. The summed E-state index contributed by atoms with van der Waals surface area (Å²) in [7, 11) is 0. The lowest BCUT2D eigenvalue weighted by Gasteiger charge is -2.47. The molecule has 6 heteroatoms. The molecule has 3 rings (SSSR count). The predicted molar refractivity (Wildman–Crippen MR) is 96.2 cm³/mol. The van der Waals surface area contributed by atoms with Crippen LogP contribution < -0.4 is 4.90 Å². The van der Waals surface area contributed by atoms with Crippen LogP contribution in [0.2, 0.25) is 0 Å². The molecule has 1 aromatic rings. The Labute approximate surface area is 148 Å². The van der Waals surface area contributed by atoms with Gasteiger partial charge in [0.25, 0.3) is 0 Å². The Morgan fingerprint density at radius 1 is 1.20 bits per heavy atom. The van der Waals surface area contributed by atoms with Gasteiger partial charge in [-0.2, -0.15) is 0 Å². The van der Waals surface area contributed by atoms with Crippen molar-refractivity contribution in [2.24, 2.45) is 0 Å². The minimum Gasteiger partial charge on any atom is -0.465 e. The number of hydrogen-bond donors (Lipinski definition) is 1. The molecule has 0 spiro atoms. The maximum Gasteiger partial charge on any atom is 0.407 e. The van der Waals surface area contributed by atoms with Crippen LogP contribution in [-0.2, 0) is 0 Å². The molecule has 3 heterocycles. The van der Waals surface area contributed by atoms with Crippen molar-refractivity contribution in [2.75, 3.05) is 4.90 Å². The number of carboxylic acid groups (broad SMARTS) is 1. The van der Waals surface area contributed by atoms with Gasteiger partial charge in [0.2, 0.25) is 0 Å². The summed E-state index contributed by atoms with van der Waals surface area (Å²) in [6.45, 7) is 7.41. The smallest absolute Gasteiger partial charge is 0.407 e. The minimum atomic E-state index is -0.839. The largest absolute Gasteiger partial charge is 0.465 e. The highest BCUT2D eigenvalue weighted by molar-refractivity contribution is 5.93. The van der Waals surface area contributed by atoms with E-state index in [-0.39, 0.29) is 11.8 Å². The van der Waals surface area contributed by atoms with Crippen molar-refractivity contribution in [3.8, 4) is 0 Å². The van der Waals surface area contributed by atoms with E-state index < -0.39 is 11.6 Å². The van der Waals surface area contributed by atoms with Crippen molar-refractivity contribution in [1.29, 1.82) is 0 Å². The standard InChI is InChI=1S/C19H27N3O3/c1-12(23)13-5-8-17(20-11-13)21-14-6-7-15(21)10-16(9-14)22(18(24)25)19(2,3)4/h5,8,11,14-16H,6-7,9-10H2,1-4H3,(H,24,25)/t14-,15+,16?. The van der Waals surface area contributed by atoms with Gasteiger partial charge in [-0.05, 0) is 65.5 Å². The Morgan fingerprint density at radius 3 is 2.20 bits per heavy atom. The molecule has 1 N–H and O–H groups in total. The van der Waals surface area contributed by atoms with E-state index in [4.69, 9.17) is 0 Å². The van der Waals surface area contributed by atoms with Crippen LogP contribution in [0.4, 0.5) is 10.6 Å². The molecule has 25 heavy (non-hydrogen) atoms. The van der Waals surface area contributed by atoms with Crippen molar-refractivity contribution >= 4 is 17.7 Å². The zero-order valence-corrected chi connectivity index (χ0v) is 15.4. The monoisotopic (exact) mass is 345 g/mol. The van der Waals surface area contributed by atoms with E-state index in [1.807, 2.05) is 32.9 Å². The maximum absolute atomic E-state index is 11.8. The number of Topliss-reactive ketones (excluding diaryl/α,β-unsaturated/α-hetero) is 1. The van der Waals surface area contributed by atoms with Gasteiger partial charge in [-0.25, -0.2) is 9.78 Å². The molecule has 136 valence electrons. The molecule has 0 aromatic carbocycles. The number of hydrogen-bond acceptors (Lipinski definition) is 4. The number of aromatic nitrogens is 1. The van der Waals surface area contributed by atoms with Crippen molar-refractivity contribution in [1.82, 2.24) is 9.88 Å². The second kappa shape index (κ2) is 6.32. The van der Waals surface area contributed by atoms with Crippen molar-refractivity contribution in [2.45, 2.75) is 77.0 Å². The second-order valence-corrected chi connectivity index (χ2v) is 8.20. The van der Waals surface area contributed by atoms with Crippen molar-refractivity contribution < 1.29 is 14.7 Å². The van der Waals surface area contributed by atoms with Gasteiger partial charge in [0.15, 0.2) is 5.78 Å². The normalized spacial score (nSPS) is 25.8. The molecule has 6 nitrogen and oxygen atoms in total. The van der Waals surface area contributed by atoms with Crippen LogP contribution in [0, 0.1) is 0 Å². The highest BCUT2D eigenvalue weighted by atomic mass is 16.4. The van der Waals surface area contributed by atoms with E-state index in [9.17, 15) is 14.7 Å². The van der Waals surface area contributed by atoms with E-state index >= 15 is 0 Å². The molecule has 2 aliphatic rings. The summed E-state index contributed by atoms with van der Waals surface area (Å²) in [6, 6.07) is 4.41. The molecule has 2 fully saturated rings. The third-order valence-electron chi connectivity index (χ3n) is 5.42. The average molecular weight is 345 g/mol. The Balaban J connectivity index is 1.80. The molecule has 1 unspecified atom stereocenters. The SMILES string of the molecule is CC(=O)c1ccc(N2[C@@H]3CC[C@H]2CC(N(C(=O)O)C(C)(C)C)C3)nc1. The number of carbonyl (C=O) groups is 2. The van der Waals surface area contributed by atoms with Gasteiger partial charge < -0.3 is 14.9 Å². The van der Waals surface area contributed by atoms with Gasteiger partial charge in [-0.15, -0.1) is 0 Å². The second-order valence-electron chi connectivity index (χ2n) is 8.20. The number of carbonyl (C=O) groups excluding carboxylic acids is 1. The van der Waals surface area contributed by atoms with E-state index in [1.54, 1.807) is 18.0 Å². The fraction of sp³-hybridized carbons (Fsp3) is 0.632. The van der Waals surface area contributed by atoms with Gasteiger partial charge in [0.1, 0.15) is 5.82 Å². The zero-order chi connectivity index (χ0) is 18.4. The van der Waals surface area contributed by atoms with E-state index in [2.05, 4.69) is 9.88 Å². The van der Waals surface area contributed by atoms with Crippen molar-refractivity contribution in [3.05, 3.63) is 23.9 Å². The van der Waals surface area contributed by atoms with Crippen LogP contribution in [0.3, 0.4) is 0 Å². The summed E-state index contributed by atoms with van der Waals surface area (Å²) in [5.74, 6) is 0.914. The molecule has 2 aliphatic heterocycles. The molecule has 0 saturated carbocycles. The first kappa shape index (κ1) is 17.7. The molecule has 1 aromatic heterocycles. The number of fused-ring (bicyclic) bond motifs is 2. The highest BCUT2D eigenvalue weighted by Gasteiger charge is 2.46. The fourth-order valence-corrected chi connectivity index (χ4v) is 4.47. The van der Waals surface area contributed by atoms with Crippen LogP contribution in [0.25, 0.3) is 0 Å². The number of ketones is 1. The Kier molecular flexibility index (Phi) is 4.47. The van der Waals surface area contributed by atoms with Crippen molar-refractivity contribution in [3.63, 3.8) is 0 Å². The average Bonchev–Trinajstić information content (AvgIpc) is 2.76. The van der Waals surface area contributed by atoms with Gasteiger partial charge in [0, 0.05) is 35.4 Å². The molecule has 1 amide bonds. The summed E-state index contributed by atoms with van der Waals surface area (Å²) in [5, 5.41) is 9.69. The van der Waals surface area contributed by atoms with E-state index in [0.29, 0.717) is 17.6 Å². The van der Waals surface area contributed by atoms with Crippen LogP contribution in [0.5, 0.6) is 0 Å². The summed E-state index contributed by atoms with van der Waals surface area (Å²) < 4.78 is 0. The minimum absolute atomic E-state index is 0.0167. The number of piperidine rings is 1. The molecular formula is C19H27N3O3. The lowest BCUT2D eigenvalue weighted by atomic mass is 9.92. The quantitative estimate of drug-likeness (QED) is 0.848. The third-order valence-corrected chi connectivity index (χ3v) is 5.42. The van der Waals surface area contributed by atoms with Gasteiger partial charge in [0.05, 0.1) is 0 Å². The van der Waals surface area contributed by atoms with E-state index in [1.165, 1.54) is 0 Å². The third kappa shape index (κ3) is 3.34. The Hall–Kier alpha value is -2.11. The van der Waals surface area contributed by atoms with Crippen LogP contribution in [0.1, 0.15) is 63.7 Å². The lowest BCUT2D eigenvalue weighted by Crippen LogP contribution is -2.57. The first-order valence-electron chi connectivity index (χ1n) is 8.96. The van der Waals surface area contributed by atoms with Gasteiger partial charge >= 0.3 is 6.09 Å². The molecular weight excluding hydrogens is 318 g/mol. The number of nitrogens with zero attached hydrogens (tertiary/aromatic N) is 3. The molecule has 0 radical (unpaired) electrons. The highest BCUT2D eigenvalue weighted by Crippen LogP contribution is 2.41. The van der Waals surface area contributed by atoms with Crippen LogP contribution in [0.15, 0.2) is 18.3 Å². The number of pyridine rings is 1. The van der Waals surface area contributed by atoms with E-state index in [0.717, 1.165) is 31.5 Å². The maximum atomic E-state index is 11.8. The predicted octanol–water partition coefficient (Wildman–Crippen LogP) is 3.56. The Bertz CT molecular complexity index is 651. The molecule has 2 saturated heterocycles. The summed E-state index contributed by atoms with van der Waals surface area (Å²) >= 11 is 0. The lowest BCUT2D eigenvalue weighted by molar-refractivity contribution is 0.0558. The first-order chi connectivity index (χ1) is 11.7. The number of anilines is 1. The van der Waals surface area contributed by atoms with Gasteiger partial charge in [-0.1, -0.05) is 0 Å². The van der Waals surface area contributed by atoms with Gasteiger partial charge in [-0.3, -0.25) is 4.79 Å². The summed E-state index contributed by atoms with van der Waals surface area (Å²) in [6.07, 6.45) is 4.59. The summed E-state index contributed by atoms with van der Waals surface area (Å²) in [5.41, 5.74) is 0.218. The van der Waals surface area contributed by atoms with Crippen LogP contribution >= 0.6 is 0 Å². The first-order valence-corrected chi connectivity index (χ1v) is 8.96. The van der Waals surface area contributed by atoms with Crippen LogP contribution in [-0.4, -0.2) is 50.5 Å². The fourth-order valence-electron chi connectivity index (χ4n) is 4.47. The Morgan fingerprint density at radius 2 is 1.80 bits per heavy atom. The summed E-state index contributed by atoms with van der Waals surface area (Å²) in [4.78, 5) is 31.7. The number of rotatable bonds is 3. The molecule has 0 aliphatic carbocycles. The molecule has 2 bridgehead atoms. The molecule has 3 atom stereocenters.